The number of carbonyl (C=O) groups excluding carboxylic acids is 1. The minimum atomic E-state index is -0.359. The van der Waals surface area contributed by atoms with Crippen molar-refractivity contribution in [3.63, 3.8) is 0 Å². The first-order chi connectivity index (χ1) is 13.5. The number of nitrogen functional groups attached to an aromatic ring is 1. The van der Waals surface area contributed by atoms with E-state index in [2.05, 4.69) is 10.5 Å². The van der Waals surface area contributed by atoms with Crippen LogP contribution in [0.15, 0.2) is 53.6 Å². The van der Waals surface area contributed by atoms with Gasteiger partial charge in [-0.2, -0.15) is 5.10 Å². The maximum absolute atomic E-state index is 12.5. The summed E-state index contributed by atoms with van der Waals surface area (Å²) in [5, 5.41) is 4.84. The van der Waals surface area contributed by atoms with E-state index in [9.17, 15) is 4.79 Å². The summed E-state index contributed by atoms with van der Waals surface area (Å²) in [6.45, 7) is 2.01. The molecule has 0 bridgehead atoms. The van der Waals surface area contributed by atoms with Crippen LogP contribution < -0.4 is 20.6 Å². The zero-order chi connectivity index (χ0) is 19.7. The molecule has 3 aromatic rings. The van der Waals surface area contributed by atoms with Crippen molar-refractivity contribution in [2.75, 3.05) is 12.5 Å². The molecule has 6 nitrogen and oxygen atoms in total. The highest BCUT2D eigenvalue weighted by atomic mass is 35.5. The molecule has 142 valence electrons. The van der Waals surface area contributed by atoms with Gasteiger partial charge in [-0.15, -0.1) is 11.3 Å². The summed E-state index contributed by atoms with van der Waals surface area (Å²) in [5.41, 5.74) is 11.4. The number of amides is 1. The topological polar surface area (TPSA) is 85.9 Å². The molecule has 2 aromatic carbocycles. The fourth-order valence-corrected chi connectivity index (χ4v) is 3.81. The fraction of sp³-hybridized carbons (Fsp3) is 0.100. The third-order valence-corrected chi connectivity index (χ3v) is 5.66. The summed E-state index contributed by atoms with van der Waals surface area (Å²) in [5.74, 6) is 0.998. The van der Waals surface area contributed by atoms with Crippen LogP contribution in [0, 0.1) is 0 Å². The number of anilines is 1. The van der Waals surface area contributed by atoms with Gasteiger partial charge in [0.05, 0.1) is 11.4 Å². The van der Waals surface area contributed by atoms with Crippen LogP contribution in [-0.2, 0) is 0 Å². The monoisotopic (exact) mass is 413 g/mol. The van der Waals surface area contributed by atoms with Gasteiger partial charge >= 0.3 is 0 Å². The second-order valence-electron chi connectivity index (χ2n) is 6.11. The largest absolute Gasteiger partial charge is 0.454 e. The zero-order valence-electron chi connectivity index (χ0n) is 14.9. The number of ether oxygens (including phenoxy) is 2. The van der Waals surface area contributed by atoms with Crippen molar-refractivity contribution in [2.24, 2.45) is 5.10 Å². The number of hydrogen-bond acceptors (Lipinski definition) is 6. The highest BCUT2D eigenvalue weighted by Gasteiger charge is 2.16. The molecule has 28 heavy (non-hydrogen) atoms. The third kappa shape index (κ3) is 3.67. The molecule has 0 aliphatic carbocycles. The normalized spacial score (nSPS) is 12.9. The van der Waals surface area contributed by atoms with Gasteiger partial charge in [0, 0.05) is 15.5 Å². The Morgan fingerprint density at radius 3 is 2.68 bits per heavy atom. The summed E-state index contributed by atoms with van der Waals surface area (Å²) < 4.78 is 10.7. The van der Waals surface area contributed by atoms with Crippen molar-refractivity contribution in [1.29, 1.82) is 0 Å². The molecule has 1 aliphatic heterocycles. The minimum absolute atomic E-state index is 0.208. The van der Waals surface area contributed by atoms with Gasteiger partial charge in [0.15, 0.2) is 11.5 Å². The van der Waals surface area contributed by atoms with Gasteiger partial charge < -0.3 is 15.2 Å². The van der Waals surface area contributed by atoms with Crippen molar-refractivity contribution in [1.82, 2.24) is 5.43 Å². The molecule has 0 saturated carbocycles. The summed E-state index contributed by atoms with van der Waals surface area (Å²) in [4.78, 5) is 13.8. The van der Waals surface area contributed by atoms with Gasteiger partial charge in [-0.25, -0.2) is 5.43 Å². The molecule has 4 rings (SSSR count). The number of nitrogens with zero attached hydrogens (tertiary/aromatic N) is 1. The lowest BCUT2D eigenvalue weighted by Gasteiger charge is -2.04. The van der Waals surface area contributed by atoms with Crippen molar-refractivity contribution in [2.45, 2.75) is 6.92 Å². The van der Waals surface area contributed by atoms with E-state index in [-0.39, 0.29) is 12.7 Å². The van der Waals surface area contributed by atoms with Gasteiger partial charge in [-0.05, 0) is 48.9 Å². The second-order valence-corrected chi connectivity index (χ2v) is 7.60. The van der Waals surface area contributed by atoms with Crippen LogP contribution in [-0.4, -0.2) is 18.4 Å². The Balaban J connectivity index is 1.50. The number of nitrogens with one attached hydrogen (secondary N) is 1. The van der Waals surface area contributed by atoms with E-state index in [0.29, 0.717) is 32.8 Å². The second kappa shape index (κ2) is 7.53. The molecule has 3 N–H and O–H groups in total. The molecule has 0 fully saturated rings. The van der Waals surface area contributed by atoms with E-state index in [1.807, 2.05) is 30.3 Å². The predicted octanol–water partition coefficient (Wildman–Crippen LogP) is 4.53. The summed E-state index contributed by atoms with van der Waals surface area (Å²) in [6.07, 6.45) is 0. The van der Waals surface area contributed by atoms with Crippen molar-refractivity contribution in [3.8, 4) is 21.9 Å². The number of hydrogen-bond donors (Lipinski definition) is 2. The minimum Gasteiger partial charge on any atom is -0.454 e. The van der Waals surface area contributed by atoms with E-state index >= 15 is 0 Å². The van der Waals surface area contributed by atoms with Crippen molar-refractivity contribution >= 4 is 40.2 Å². The molecule has 0 unspecified atom stereocenters. The number of nitrogens with two attached hydrogens (primary N) is 1. The number of rotatable bonds is 4. The Hall–Kier alpha value is -3.03. The molecular formula is C20H16ClN3O3S. The Kier molecular flexibility index (Phi) is 4.93. The average molecular weight is 414 g/mol. The summed E-state index contributed by atoms with van der Waals surface area (Å²) >= 11 is 7.23. The Bertz CT molecular complexity index is 1080. The van der Waals surface area contributed by atoms with Gasteiger partial charge in [0.2, 0.25) is 6.79 Å². The van der Waals surface area contributed by atoms with Crippen LogP contribution in [0.1, 0.15) is 22.2 Å². The molecule has 0 saturated heterocycles. The third-order valence-electron chi connectivity index (χ3n) is 4.21. The lowest BCUT2D eigenvalue weighted by atomic mass is 10.1. The van der Waals surface area contributed by atoms with E-state index in [0.717, 1.165) is 16.0 Å². The van der Waals surface area contributed by atoms with Gasteiger partial charge in [0.1, 0.15) is 4.88 Å². The first-order valence-corrected chi connectivity index (χ1v) is 9.60. The standard InChI is InChI=1S/C20H16ClN3O3S/c1-11(13-4-7-16-17(8-13)27-10-26-16)23-24-20(25)19-15(22)9-18(28-19)12-2-5-14(21)6-3-12/h2-9H,10,22H2,1H3,(H,24,25). The highest BCUT2D eigenvalue weighted by molar-refractivity contribution is 7.18. The molecule has 1 aliphatic rings. The maximum atomic E-state index is 12.5. The summed E-state index contributed by atoms with van der Waals surface area (Å²) in [7, 11) is 0. The van der Waals surface area contributed by atoms with Gasteiger partial charge in [0.25, 0.3) is 5.91 Å². The molecule has 0 atom stereocenters. The van der Waals surface area contributed by atoms with Gasteiger partial charge in [-0.1, -0.05) is 23.7 Å². The Morgan fingerprint density at radius 1 is 1.14 bits per heavy atom. The van der Waals surface area contributed by atoms with Crippen LogP contribution in [0.3, 0.4) is 0 Å². The molecule has 1 amide bonds. The lowest BCUT2D eigenvalue weighted by molar-refractivity contribution is 0.0959. The van der Waals surface area contributed by atoms with E-state index in [1.165, 1.54) is 11.3 Å². The summed E-state index contributed by atoms with van der Waals surface area (Å²) in [6, 6.07) is 14.6. The van der Waals surface area contributed by atoms with Crippen LogP contribution in [0.4, 0.5) is 5.69 Å². The fourth-order valence-electron chi connectivity index (χ4n) is 2.71. The average Bonchev–Trinajstić information content (AvgIpc) is 3.32. The smallest absolute Gasteiger partial charge is 0.283 e. The van der Waals surface area contributed by atoms with E-state index in [4.69, 9.17) is 26.8 Å². The number of fused-ring (bicyclic) bond motifs is 1. The van der Waals surface area contributed by atoms with E-state index in [1.54, 1.807) is 25.1 Å². The highest BCUT2D eigenvalue weighted by Crippen LogP contribution is 2.34. The van der Waals surface area contributed by atoms with Gasteiger partial charge in [-0.3, -0.25) is 4.79 Å². The Morgan fingerprint density at radius 2 is 1.89 bits per heavy atom. The molecule has 0 spiro atoms. The first kappa shape index (κ1) is 18.3. The zero-order valence-corrected chi connectivity index (χ0v) is 16.4. The SMILES string of the molecule is CC(=NNC(=O)c1sc(-c2ccc(Cl)cc2)cc1N)c1ccc2c(c1)OCO2. The van der Waals surface area contributed by atoms with Crippen molar-refractivity contribution in [3.05, 3.63) is 64.0 Å². The lowest BCUT2D eigenvalue weighted by Crippen LogP contribution is -2.19. The van der Waals surface area contributed by atoms with Crippen LogP contribution in [0.2, 0.25) is 5.02 Å². The first-order valence-electron chi connectivity index (χ1n) is 8.41. The molecule has 8 heteroatoms. The molecule has 1 aromatic heterocycles. The number of halogens is 1. The number of thiophene rings is 1. The van der Waals surface area contributed by atoms with Crippen LogP contribution in [0.25, 0.3) is 10.4 Å². The predicted molar refractivity (Wildman–Crippen MR) is 111 cm³/mol. The number of benzene rings is 2. The van der Waals surface area contributed by atoms with Crippen molar-refractivity contribution < 1.29 is 14.3 Å². The van der Waals surface area contributed by atoms with E-state index < -0.39 is 0 Å². The Labute approximate surface area is 170 Å². The quantitative estimate of drug-likeness (QED) is 0.486. The molecule has 0 radical (unpaired) electrons. The van der Waals surface area contributed by atoms with Crippen LogP contribution in [0.5, 0.6) is 11.5 Å². The molecular weight excluding hydrogens is 398 g/mol. The maximum Gasteiger partial charge on any atom is 0.283 e. The molecule has 2 heterocycles. The van der Waals surface area contributed by atoms with Crippen LogP contribution >= 0.6 is 22.9 Å². The number of carbonyl (C=O) groups is 1. The number of hydrazone groups is 1.